The molecule has 0 atom stereocenters. The van der Waals surface area contributed by atoms with Crippen LogP contribution in [0.1, 0.15) is 39.2 Å². The Balaban J connectivity index is 2.88. The Labute approximate surface area is 104 Å². The van der Waals surface area contributed by atoms with Gasteiger partial charge in [0.1, 0.15) is 0 Å². The maximum Gasteiger partial charge on any atom is 0.312 e. The van der Waals surface area contributed by atoms with E-state index in [1.165, 1.54) is 5.56 Å². The van der Waals surface area contributed by atoms with Crippen LogP contribution in [-0.2, 0) is 16.0 Å². The van der Waals surface area contributed by atoms with E-state index < -0.39 is 0 Å². The average Bonchev–Trinajstić information content (AvgIpc) is 2.37. The summed E-state index contributed by atoms with van der Waals surface area (Å²) in [4.78, 5) is 12.1. The van der Waals surface area contributed by atoms with Gasteiger partial charge in [0.25, 0.3) is 0 Å². The van der Waals surface area contributed by atoms with Crippen LogP contribution in [0.2, 0.25) is 0 Å². The monoisotopic (exact) mass is 234 g/mol. The molecule has 0 aliphatic rings. The van der Waals surface area contributed by atoms with E-state index in [1.807, 2.05) is 25.1 Å². The quantitative estimate of drug-likeness (QED) is 0.703. The van der Waals surface area contributed by atoms with Gasteiger partial charge in [-0.25, -0.2) is 0 Å². The van der Waals surface area contributed by atoms with Crippen molar-refractivity contribution in [3.8, 4) is 0 Å². The molecule has 0 heterocycles. The molecule has 0 amide bonds. The Kier molecular flexibility index (Phi) is 5.20. The molecule has 2 nitrogen and oxygen atoms in total. The van der Waals surface area contributed by atoms with Gasteiger partial charge in [-0.15, -0.1) is 0 Å². The number of benzene rings is 1. The molecule has 0 saturated carbocycles. The Hall–Kier alpha value is -1.31. The molecule has 0 bridgehead atoms. The summed E-state index contributed by atoms with van der Waals surface area (Å²) in [6.45, 7) is 6.43. The maximum atomic E-state index is 12.1. The number of ether oxygens (including phenoxy) is 1. The van der Waals surface area contributed by atoms with Gasteiger partial charge in [0.2, 0.25) is 0 Å². The highest BCUT2D eigenvalue weighted by atomic mass is 16.5. The van der Waals surface area contributed by atoms with Crippen molar-refractivity contribution in [2.24, 2.45) is 5.41 Å². The Morgan fingerprint density at radius 3 is 2.18 bits per heavy atom. The largest absolute Gasteiger partial charge is 0.466 e. The molecule has 0 saturated heterocycles. The predicted molar refractivity (Wildman–Crippen MR) is 69.8 cm³/mol. The van der Waals surface area contributed by atoms with Gasteiger partial charge in [0.05, 0.1) is 12.0 Å². The average molecular weight is 234 g/mol. The molecule has 17 heavy (non-hydrogen) atoms. The van der Waals surface area contributed by atoms with Gasteiger partial charge in [-0.05, 0) is 31.7 Å². The van der Waals surface area contributed by atoms with E-state index >= 15 is 0 Å². The predicted octanol–water partition coefficient (Wildman–Crippen LogP) is 3.60. The highest BCUT2D eigenvalue weighted by Crippen LogP contribution is 2.32. The third-order valence-electron chi connectivity index (χ3n) is 3.45. The van der Waals surface area contributed by atoms with E-state index in [-0.39, 0.29) is 11.4 Å². The summed E-state index contributed by atoms with van der Waals surface area (Å²) < 4.78 is 5.22. The lowest BCUT2D eigenvalue weighted by molar-refractivity contribution is -0.156. The fraction of sp³-hybridized carbons (Fsp3) is 0.533. The van der Waals surface area contributed by atoms with Gasteiger partial charge in [-0.3, -0.25) is 4.79 Å². The zero-order valence-corrected chi connectivity index (χ0v) is 11.0. The van der Waals surface area contributed by atoms with Crippen molar-refractivity contribution in [2.45, 2.75) is 40.0 Å². The standard InChI is InChI=1S/C15H22O2/c1-4-15(5-2,14(16)17-6-3)12-13-10-8-7-9-11-13/h7-11H,4-6,12H2,1-3H3. The summed E-state index contributed by atoms with van der Waals surface area (Å²) in [5, 5.41) is 0. The Morgan fingerprint density at radius 2 is 1.71 bits per heavy atom. The molecular weight excluding hydrogens is 212 g/mol. The zero-order chi connectivity index (χ0) is 12.7. The maximum absolute atomic E-state index is 12.1. The minimum Gasteiger partial charge on any atom is -0.466 e. The van der Waals surface area contributed by atoms with Crippen LogP contribution in [-0.4, -0.2) is 12.6 Å². The number of rotatable bonds is 6. The first-order valence-electron chi connectivity index (χ1n) is 6.39. The van der Waals surface area contributed by atoms with Crippen molar-refractivity contribution in [1.29, 1.82) is 0 Å². The highest BCUT2D eigenvalue weighted by molar-refractivity contribution is 5.77. The first-order chi connectivity index (χ1) is 8.18. The topological polar surface area (TPSA) is 26.3 Å². The van der Waals surface area contributed by atoms with Crippen LogP contribution in [0.25, 0.3) is 0 Å². The minimum atomic E-state index is -0.364. The zero-order valence-electron chi connectivity index (χ0n) is 11.0. The van der Waals surface area contributed by atoms with Crippen molar-refractivity contribution < 1.29 is 9.53 Å². The molecular formula is C15H22O2. The summed E-state index contributed by atoms with van der Waals surface area (Å²) >= 11 is 0. The van der Waals surface area contributed by atoms with Crippen molar-refractivity contribution in [3.63, 3.8) is 0 Å². The van der Waals surface area contributed by atoms with Gasteiger partial charge >= 0.3 is 5.97 Å². The molecule has 0 radical (unpaired) electrons. The summed E-state index contributed by atoms with van der Waals surface area (Å²) in [6.07, 6.45) is 2.40. The summed E-state index contributed by atoms with van der Waals surface area (Å²) in [5.74, 6) is -0.0612. The fourth-order valence-electron chi connectivity index (χ4n) is 2.13. The van der Waals surface area contributed by atoms with E-state index in [1.54, 1.807) is 0 Å². The van der Waals surface area contributed by atoms with Crippen LogP contribution in [0.5, 0.6) is 0 Å². The molecule has 1 aromatic rings. The van der Waals surface area contributed by atoms with Crippen molar-refractivity contribution in [2.75, 3.05) is 6.61 Å². The van der Waals surface area contributed by atoms with E-state index in [0.29, 0.717) is 6.61 Å². The minimum absolute atomic E-state index is 0.0612. The highest BCUT2D eigenvalue weighted by Gasteiger charge is 2.36. The Bertz CT molecular complexity index is 339. The van der Waals surface area contributed by atoms with Crippen molar-refractivity contribution in [1.82, 2.24) is 0 Å². The van der Waals surface area contributed by atoms with Gasteiger partial charge < -0.3 is 4.74 Å². The number of esters is 1. The number of carbonyl (C=O) groups is 1. The van der Waals surface area contributed by atoms with Crippen molar-refractivity contribution >= 4 is 5.97 Å². The summed E-state index contributed by atoms with van der Waals surface area (Å²) in [7, 11) is 0. The second-order valence-corrected chi connectivity index (χ2v) is 4.37. The van der Waals surface area contributed by atoms with Gasteiger partial charge in [0.15, 0.2) is 0 Å². The molecule has 1 rings (SSSR count). The number of hydrogen-bond donors (Lipinski definition) is 0. The van der Waals surface area contributed by atoms with E-state index in [9.17, 15) is 4.79 Å². The lowest BCUT2D eigenvalue weighted by Gasteiger charge is -2.29. The lowest BCUT2D eigenvalue weighted by Crippen LogP contribution is -2.34. The van der Waals surface area contributed by atoms with E-state index in [4.69, 9.17) is 4.74 Å². The molecule has 2 heteroatoms. The molecule has 1 aromatic carbocycles. The van der Waals surface area contributed by atoms with Crippen LogP contribution in [0.15, 0.2) is 30.3 Å². The van der Waals surface area contributed by atoms with Crippen LogP contribution >= 0.6 is 0 Å². The van der Waals surface area contributed by atoms with Gasteiger partial charge in [0, 0.05) is 0 Å². The third kappa shape index (κ3) is 3.32. The molecule has 0 N–H and O–H groups in total. The first-order valence-corrected chi connectivity index (χ1v) is 6.39. The number of hydrogen-bond acceptors (Lipinski definition) is 2. The van der Waals surface area contributed by atoms with Gasteiger partial charge in [-0.1, -0.05) is 44.2 Å². The van der Waals surface area contributed by atoms with E-state index in [2.05, 4.69) is 26.0 Å². The first kappa shape index (κ1) is 13.8. The second-order valence-electron chi connectivity index (χ2n) is 4.37. The van der Waals surface area contributed by atoms with E-state index in [0.717, 1.165) is 19.3 Å². The molecule has 0 fully saturated rings. The fourth-order valence-corrected chi connectivity index (χ4v) is 2.13. The molecule has 0 unspecified atom stereocenters. The second kappa shape index (κ2) is 6.43. The Morgan fingerprint density at radius 1 is 1.12 bits per heavy atom. The molecule has 0 aliphatic heterocycles. The summed E-state index contributed by atoms with van der Waals surface area (Å²) in [6, 6.07) is 10.2. The third-order valence-corrected chi connectivity index (χ3v) is 3.45. The van der Waals surface area contributed by atoms with Crippen LogP contribution in [0.3, 0.4) is 0 Å². The lowest BCUT2D eigenvalue weighted by atomic mass is 9.77. The molecule has 94 valence electrons. The molecule has 0 aromatic heterocycles. The van der Waals surface area contributed by atoms with Crippen LogP contribution < -0.4 is 0 Å². The van der Waals surface area contributed by atoms with Crippen LogP contribution in [0.4, 0.5) is 0 Å². The summed E-state index contributed by atoms with van der Waals surface area (Å²) in [5.41, 5.74) is 0.835. The SMILES string of the molecule is CCOC(=O)C(CC)(CC)Cc1ccccc1. The van der Waals surface area contributed by atoms with Crippen LogP contribution in [0, 0.1) is 5.41 Å². The normalized spacial score (nSPS) is 11.2. The molecule has 0 spiro atoms. The number of carbonyl (C=O) groups excluding carboxylic acids is 1. The smallest absolute Gasteiger partial charge is 0.312 e. The van der Waals surface area contributed by atoms with Gasteiger partial charge in [-0.2, -0.15) is 0 Å². The van der Waals surface area contributed by atoms with Crippen molar-refractivity contribution in [3.05, 3.63) is 35.9 Å². The molecule has 0 aliphatic carbocycles.